The molecule has 1 amide bonds. The van der Waals surface area contributed by atoms with Crippen molar-refractivity contribution in [3.8, 4) is 11.8 Å². The molecule has 0 spiro atoms. The van der Waals surface area contributed by atoms with Gasteiger partial charge in [-0.05, 0) is 55.8 Å². The maximum Gasteiger partial charge on any atom is 0.244 e. The van der Waals surface area contributed by atoms with Crippen LogP contribution in [0.3, 0.4) is 0 Å². The summed E-state index contributed by atoms with van der Waals surface area (Å²) in [5.41, 5.74) is 3.70. The van der Waals surface area contributed by atoms with Gasteiger partial charge in [0.1, 0.15) is 23.7 Å². The fourth-order valence-electron chi connectivity index (χ4n) is 4.55. The SMILES string of the molecule is C/C=C\c1c(C)cc(C#N)c(OC)c1CN(C)C(=O)C(c1ccc(F)c(Cl)c1)N1CCN(C)CC1. The van der Waals surface area contributed by atoms with Crippen molar-refractivity contribution in [2.45, 2.75) is 26.4 Å². The lowest BCUT2D eigenvalue weighted by molar-refractivity contribution is -0.137. The molecule has 1 fully saturated rings. The lowest BCUT2D eigenvalue weighted by Gasteiger charge is -2.39. The molecule has 0 aliphatic carbocycles. The Morgan fingerprint density at radius 2 is 2.00 bits per heavy atom. The predicted molar refractivity (Wildman–Crippen MR) is 137 cm³/mol. The number of nitrogens with zero attached hydrogens (tertiary/aromatic N) is 4. The highest BCUT2D eigenvalue weighted by Crippen LogP contribution is 2.33. The van der Waals surface area contributed by atoms with Crippen LogP contribution in [0, 0.1) is 24.1 Å². The van der Waals surface area contributed by atoms with Crippen LogP contribution in [0.25, 0.3) is 6.08 Å². The number of likely N-dealkylation sites (N-methyl/N-ethyl adjacent to an activating group) is 2. The van der Waals surface area contributed by atoms with Crippen LogP contribution < -0.4 is 4.74 Å². The molecule has 35 heavy (non-hydrogen) atoms. The summed E-state index contributed by atoms with van der Waals surface area (Å²) in [6, 6.07) is 7.86. The van der Waals surface area contributed by atoms with E-state index in [-0.39, 0.29) is 17.5 Å². The molecule has 1 heterocycles. The number of methoxy groups -OCH3 is 1. The van der Waals surface area contributed by atoms with Gasteiger partial charge in [-0.1, -0.05) is 29.8 Å². The van der Waals surface area contributed by atoms with Gasteiger partial charge in [-0.15, -0.1) is 0 Å². The molecule has 1 atom stereocenters. The topological polar surface area (TPSA) is 59.8 Å². The van der Waals surface area contributed by atoms with Gasteiger partial charge in [-0.3, -0.25) is 9.69 Å². The van der Waals surface area contributed by atoms with E-state index in [1.807, 2.05) is 26.0 Å². The molecule has 2 aromatic rings. The molecule has 1 saturated heterocycles. The highest BCUT2D eigenvalue weighted by Gasteiger charge is 2.33. The molecule has 0 N–H and O–H groups in total. The minimum Gasteiger partial charge on any atom is -0.495 e. The van der Waals surface area contributed by atoms with Crippen molar-refractivity contribution in [2.24, 2.45) is 0 Å². The first kappa shape index (κ1) is 26.7. The molecule has 0 aromatic heterocycles. The van der Waals surface area contributed by atoms with E-state index in [1.165, 1.54) is 19.2 Å². The van der Waals surface area contributed by atoms with Gasteiger partial charge in [0, 0.05) is 45.3 Å². The van der Waals surface area contributed by atoms with Crippen molar-refractivity contribution < 1.29 is 13.9 Å². The molecule has 6 nitrogen and oxygen atoms in total. The van der Waals surface area contributed by atoms with Crippen LogP contribution >= 0.6 is 11.6 Å². The van der Waals surface area contributed by atoms with Crippen LogP contribution in [0.5, 0.6) is 5.75 Å². The molecule has 1 unspecified atom stereocenters. The second-order valence-electron chi connectivity index (χ2n) is 8.89. The maximum absolute atomic E-state index is 13.9. The number of amides is 1. The van der Waals surface area contributed by atoms with Crippen molar-refractivity contribution in [3.05, 3.63) is 69.0 Å². The second-order valence-corrected chi connectivity index (χ2v) is 9.30. The zero-order valence-corrected chi connectivity index (χ0v) is 21.7. The Morgan fingerprint density at radius 1 is 1.31 bits per heavy atom. The number of ether oxygens (including phenoxy) is 1. The Balaban J connectivity index is 2.02. The monoisotopic (exact) mass is 498 g/mol. The first-order chi connectivity index (χ1) is 16.7. The van der Waals surface area contributed by atoms with E-state index in [9.17, 15) is 14.4 Å². The molecule has 1 aliphatic heterocycles. The highest BCUT2D eigenvalue weighted by molar-refractivity contribution is 6.30. The fourth-order valence-corrected chi connectivity index (χ4v) is 4.74. The largest absolute Gasteiger partial charge is 0.495 e. The van der Waals surface area contributed by atoms with Crippen LogP contribution in [0.15, 0.2) is 30.3 Å². The van der Waals surface area contributed by atoms with Gasteiger partial charge in [0.15, 0.2) is 0 Å². The minimum atomic E-state index is -0.608. The Hall–Kier alpha value is -2.92. The number of allylic oxidation sites excluding steroid dienone is 1. The smallest absolute Gasteiger partial charge is 0.244 e. The number of piperazine rings is 1. The van der Waals surface area contributed by atoms with Gasteiger partial charge < -0.3 is 14.5 Å². The van der Waals surface area contributed by atoms with Crippen molar-refractivity contribution in [1.82, 2.24) is 14.7 Å². The highest BCUT2D eigenvalue weighted by atomic mass is 35.5. The van der Waals surface area contributed by atoms with Crippen LogP contribution in [-0.2, 0) is 11.3 Å². The van der Waals surface area contributed by atoms with Crippen LogP contribution in [0.2, 0.25) is 5.02 Å². The second kappa shape index (κ2) is 11.7. The summed E-state index contributed by atoms with van der Waals surface area (Å²) >= 11 is 6.10. The predicted octanol–water partition coefficient (Wildman–Crippen LogP) is 4.65. The molecule has 186 valence electrons. The van der Waals surface area contributed by atoms with E-state index >= 15 is 0 Å². The minimum absolute atomic E-state index is 0.00790. The number of nitriles is 1. The van der Waals surface area contributed by atoms with E-state index in [2.05, 4.69) is 22.9 Å². The van der Waals surface area contributed by atoms with Crippen molar-refractivity contribution in [1.29, 1.82) is 5.26 Å². The lowest BCUT2D eigenvalue weighted by atomic mass is 9.95. The Labute approximate surface area is 212 Å². The maximum atomic E-state index is 13.9. The molecule has 2 aromatic carbocycles. The van der Waals surface area contributed by atoms with Gasteiger partial charge in [-0.2, -0.15) is 5.26 Å². The number of hydrogen-bond acceptors (Lipinski definition) is 5. The summed E-state index contributed by atoms with van der Waals surface area (Å²) < 4.78 is 19.5. The summed E-state index contributed by atoms with van der Waals surface area (Å²) in [6.07, 6.45) is 3.89. The van der Waals surface area contributed by atoms with Crippen LogP contribution in [-0.4, -0.2) is 68.0 Å². The Kier molecular flexibility index (Phi) is 8.90. The number of aryl methyl sites for hydroxylation is 1. The van der Waals surface area contributed by atoms with Crippen molar-refractivity contribution >= 4 is 23.6 Å². The van der Waals surface area contributed by atoms with E-state index in [0.717, 1.165) is 29.8 Å². The average Bonchev–Trinajstić information content (AvgIpc) is 2.84. The third-order valence-corrected chi connectivity index (χ3v) is 6.74. The molecule has 8 heteroatoms. The van der Waals surface area contributed by atoms with E-state index in [4.69, 9.17) is 16.3 Å². The van der Waals surface area contributed by atoms with Crippen molar-refractivity contribution in [2.75, 3.05) is 47.4 Å². The first-order valence-corrected chi connectivity index (χ1v) is 11.9. The number of benzene rings is 2. The molecule has 0 saturated carbocycles. The summed E-state index contributed by atoms with van der Waals surface area (Å²) in [5.74, 6) is -0.185. The number of hydrogen-bond donors (Lipinski definition) is 0. The summed E-state index contributed by atoms with van der Waals surface area (Å²) in [5, 5.41) is 9.65. The lowest BCUT2D eigenvalue weighted by Crippen LogP contribution is -2.50. The quantitative estimate of drug-likeness (QED) is 0.556. The fraction of sp³-hybridized carbons (Fsp3) is 0.407. The summed E-state index contributed by atoms with van der Waals surface area (Å²) in [7, 11) is 5.32. The zero-order chi connectivity index (χ0) is 25.7. The van der Waals surface area contributed by atoms with Gasteiger partial charge in [0.05, 0.1) is 17.7 Å². The third-order valence-electron chi connectivity index (χ3n) is 6.46. The van der Waals surface area contributed by atoms with Crippen LogP contribution in [0.4, 0.5) is 4.39 Å². The number of carbonyl (C=O) groups excluding carboxylic acids is 1. The average molecular weight is 499 g/mol. The molecule has 1 aliphatic rings. The van der Waals surface area contributed by atoms with Gasteiger partial charge in [0.25, 0.3) is 0 Å². The standard InChI is InChI=1S/C27H32ClFN4O2/c1-6-7-21-18(2)14-20(16-30)26(35-5)22(21)17-32(4)27(34)25(33-12-10-31(3)11-13-33)19-8-9-24(29)23(28)15-19/h6-9,14-15,25H,10-13,17H2,1-5H3/b7-6-. The number of rotatable bonds is 7. The Morgan fingerprint density at radius 3 is 2.57 bits per heavy atom. The van der Waals surface area contributed by atoms with Crippen molar-refractivity contribution in [3.63, 3.8) is 0 Å². The zero-order valence-electron chi connectivity index (χ0n) is 20.9. The van der Waals surface area contributed by atoms with E-state index < -0.39 is 11.9 Å². The van der Waals surface area contributed by atoms with Gasteiger partial charge in [-0.25, -0.2) is 4.39 Å². The molecular weight excluding hydrogens is 467 g/mol. The normalized spacial score (nSPS) is 15.7. The van der Waals surface area contributed by atoms with E-state index in [0.29, 0.717) is 30.0 Å². The Bertz CT molecular complexity index is 1150. The molecule has 3 rings (SSSR count). The van der Waals surface area contributed by atoms with Crippen LogP contribution in [0.1, 0.15) is 40.8 Å². The summed E-state index contributed by atoms with van der Waals surface area (Å²) in [4.78, 5) is 19.9. The first-order valence-electron chi connectivity index (χ1n) is 11.6. The van der Waals surface area contributed by atoms with E-state index in [1.54, 1.807) is 24.1 Å². The third kappa shape index (κ3) is 5.84. The molecular formula is C27H32ClFN4O2. The molecule has 0 bridgehead atoms. The number of carbonyl (C=O) groups is 1. The summed E-state index contributed by atoms with van der Waals surface area (Å²) in [6.45, 7) is 7.16. The van der Waals surface area contributed by atoms with Gasteiger partial charge >= 0.3 is 0 Å². The van der Waals surface area contributed by atoms with Gasteiger partial charge in [0.2, 0.25) is 5.91 Å². The molecule has 0 radical (unpaired) electrons. The number of halogens is 2.